The highest BCUT2D eigenvalue weighted by atomic mass is 16.2. The molecule has 0 radical (unpaired) electrons. The summed E-state index contributed by atoms with van der Waals surface area (Å²) in [6.07, 6.45) is 2.36. The Morgan fingerprint density at radius 2 is 2.14 bits per heavy atom. The molecule has 1 N–H and O–H groups in total. The summed E-state index contributed by atoms with van der Waals surface area (Å²) in [5.74, 6) is 1.12. The number of nitrogens with one attached hydrogen (secondary N) is 1. The van der Waals surface area contributed by atoms with Gasteiger partial charge >= 0.3 is 0 Å². The second-order valence-electron chi connectivity index (χ2n) is 4.76. The minimum atomic E-state index is 0.232. The lowest BCUT2D eigenvalue weighted by atomic mass is 9.96. The third-order valence-corrected chi connectivity index (χ3v) is 3.67. The lowest BCUT2D eigenvalue weighted by Crippen LogP contribution is -2.40. The van der Waals surface area contributed by atoms with Gasteiger partial charge < -0.3 is 10.2 Å². The molecule has 0 aromatic carbocycles. The van der Waals surface area contributed by atoms with E-state index in [2.05, 4.69) is 24.1 Å². The minimum absolute atomic E-state index is 0.232. The Bertz CT molecular complexity index is 207. The zero-order chi connectivity index (χ0) is 10.1. The average Bonchev–Trinajstić information content (AvgIpc) is 2.73. The van der Waals surface area contributed by atoms with Crippen molar-refractivity contribution in [3.05, 3.63) is 0 Å². The number of amides is 1. The van der Waals surface area contributed by atoms with Crippen molar-refractivity contribution < 1.29 is 4.79 Å². The molecule has 2 fully saturated rings. The molecule has 0 aromatic heterocycles. The molecule has 0 saturated carbocycles. The van der Waals surface area contributed by atoms with Crippen molar-refractivity contribution in [1.29, 1.82) is 0 Å². The standard InChI is InChI=1S/C11H20N2O/c1-8-6-12-7-10(8)11(14)13-5-3-4-9(13)2/h8-10,12H,3-7H2,1-2H3. The molecule has 2 saturated heterocycles. The van der Waals surface area contributed by atoms with Crippen molar-refractivity contribution in [2.24, 2.45) is 11.8 Å². The van der Waals surface area contributed by atoms with Crippen LogP contribution in [-0.4, -0.2) is 36.5 Å². The first-order valence-corrected chi connectivity index (χ1v) is 5.71. The second-order valence-corrected chi connectivity index (χ2v) is 4.76. The van der Waals surface area contributed by atoms with Crippen LogP contribution in [0.4, 0.5) is 0 Å². The molecule has 0 spiro atoms. The molecule has 0 aliphatic carbocycles. The van der Waals surface area contributed by atoms with Gasteiger partial charge in [-0.3, -0.25) is 4.79 Å². The molecule has 2 aliphatic heterocycles. The lowest BCUT2D eigenvalue weighted by Gasteiger charge is -2.26. The Labute approximate surface area is 85.8 Å². The van der Waals surface area contributed by atoms with Gasteiger partial charge in [0, 0.05) is 19.1 Å². The first kappa shape index (κ1) is 9.97. The topological polar surface area (TPSA) is 32.3 Å². The number of carbonyl (C=O) groups is 1. The zero-order valence-electron chi connectivity index (χ0n) is 9.12. The molecule has 2 rings (SSSR count). The Kier molecular flexibility index (Phi) is 2.77. The predicted molar refractivity (Wildman–Crippen MR) is 55.9 cm³/mol. The van der Waals surface area contributed by atoms with Crippen molar-refractivity contribution in [2.75, 3.05) is 19.6 Å². The molecule has 0 bridgehead atoms. The number of likely N-dealkylation sites (tertiary alicyclic amines) is 1. The highest BCUT2D eigenvalue weighted by Gasteiger charge is 2.35. The van der Waals surface area contributed by atoms with Crippen molar-refractivity contribution in [1.82, 2.24) is 10.2 Å². The van der Waals surface area contributed by atoms with E-state index >= 15 is 0 Å². The van der Waals surface area contributed by atoms with Crippen LogP contribution in [0.1, 0.15) is 26.7 Å². The molecule has 2 aliphatic rings. The van der Waals surface area contributed by atoms with Crippen molar-refractivity contribution in [2.45, 2.75) is 32.7 Å². The monoisotopic (exact) mass is 196 g/mol. The van der Waals surface area contributed by atoms with E-state index in [1.807, 2.05) is 0 Å². The fourth-order valence-corrected chi connectivity index (χ4v) is 2.61. The molecule has 3 nitrogen and oxygen atoms in total. The van der Waals surface area contributed by atoms with Crippen LogP contribution >= 0.6 is 0 Å². The zero-order valence-corrected chi connectivity index (χ0v) is 9.12. The maximum absolute atomic E-state index is 12.2. The van der Waals surface area contributed by atoms with Crippen molar-refractivity contribution in [3.63, 3.8) is 0 Å². The summed E-state index contributed by atoms with van der Waals surface area (Å²) in [5, 5.41) is 3.29. The number of hydrogen-bond acceptors (Lipinski definition) is 2. The SMILES string of the molecule is CC1CNCC1C(=O)N1CCCC1C. The van der Waals surface area contributed by atoms with Gasteiger partial charge in [-0.1, -0.05) is 6.92 Å². The maximum Gasteiger partial charge on any atom is 0.227 e. The second kappa shape index (κ2) is 3.89. The summed E-state index contributed by atoms with van der Waals surface area (Å²) >= 11 is 0. The quantitative estimate of drug-likeness (QED) is 0.674. The highest BCUT2D eigenvalue weighted by Crippen LogP contribution is 2.24. The van der Waals surface area contributed by atoms with E-state index in [1.54, 1.807) is 0 Å². The van der Waals surface area contributed by atoms with Gasteiger partial charge in [-0.05, 0) is 32.2 Å². The molecule has 80 valence electrons. The predicted octanol–water partition coefficient (Wildman–Crippen LogP) is 0.853. The van der Waals surface area contributed by atoms with Crippen LogP contribution in [0.2, 0.25) is 0 Å². The van der Waals surface area contributed by atoms with E-state index in [-0.39, 0.29) is 5.92 Å². The van der Waals surface area contributed by atoms with Crippen LogP contribution in [0.25, 0.3) is 0 Å². The number of rotatable bonds is 1. The molecule has 14 heavy (non-hydrogen) atoms. The summed E-state index contributed by atoms with van der Waals surface area (Å²) in [7, 11) is 0. The van der Waals surface area contributed by atoms with Crippen LogP contribution in [0.5, 0.6) is 0 Å². The molecule has 3 atom stereocenters. The Morgan fingerprint density at radius 1 is 1.36 bits per heavy atom. The fraction of sp³-hybridized carbons (Fsp3) is 0.909. The molecule has 2 heterocycles. The number of nitrogens with zero attached hydrogens (tertiary/aromatic N) is 1. The van der Waals surface area contributed by atoms with Gasteiger partial charge in [0.15, 0.2) is 0 Å². The summed E-state index contributed by atoms with van der Waals surface area (Å²) < 4.78 is 0. The van der Waals surface area contributed by atoms with Crippen LogP contribution in [0, 0.1) is 11.8 Å². The molecule has 3 heteroatoms. The van der Waals surface area contributed by atoms with E-state index in [1.165, 1.54) is 12.8 Å². The van der Waals surface area contributed by atoms with Crippen LogP contribution in [0.3, 0.4) is 0 Å². The third kappa shape index (κ3) is 1.65. The smallest absolute Gasteiger partial charge is 0.227 e. The van der Waals surface area contributed by atoms with E-state index < -0.39 is 0 Å². The van der Waals surface area contributed by atoms with E-state index in [4.69, 9.17) is 0 Å². The van der Waals surface area contributed by atoms with Gasteiger partial charge in [0.1, 0.15) is 0 Å². The first-order valence-electron chi connectivity index (χ1n) is 5.71. The Balaban J connectivity index is 2.00. The normalized spacial score (nSPS) is 37.9. The molecule has 3 unspecified atom stereocenters. The lowest BCUT2D eigenvalue weighted by molar-refractivity contribution is -0.136. The number of hydrogen-bond donors (Lipinski definition) is 1. The van der Waals surface area contributed by atoms with Gasteiger partial charge in [-0.25, -0.2) is 0 Å². The third-order valence-electron chi connectivity index (χ3n) is 3.67. The van der Waals surface area contributed by atoms with Crippen LogP contribution in [-0.2, 0) is 4.79 Å². The summed E-state index contributed by atoms with van der Waals surface area (Å²) in [6, 6.07) is 0.468. The van der Waals surface area contributed by atoms with E-state index in [9.17, 15) is 4.79 Å². The highest BCUT2D eigenvalue weighted by molar-refractivity contribution is 5.80. The van der Waals surface area contributed by atoms with Gasteiger partial charge in [0.2, 0.25) is 5.91 Å². The van der Waals surface area contributed by atoms with Crippen molar-refractivity contribution >= 4 is 5.91 Å². The van der Waals surface area contributed by atoms with E-state index in [0.29, 0.717) is 17.9 Å². The average molecular weight is 196 g/mol. The summed E-state index contributed by atoms with van der Waals surface area (Å²) in [4.78, 5) is 14.2. The van der Waals surface area contributed by atoms with E-state index in [0.717, 1.165) is 19.6 Å². The maximum atomic E-state index is 12.2. The van der Waals surface area contributed by atoms with Crippen molar-refractivity contribution in [3.8, 4) is 0 Å². The molecular formula is C11H20N2O. The van der Waals surface area contributed by atoms with Gasteiger partial charge in [0.05, 0.1) is 5.92 Å². The van der Waals surface area contributed by atoms with Crippen LogP contribution < -0.4 is 5.32 Å². The molecule has 0 aromatic rings. The van der Waals surface area contributed by atoms with Gasteiger partial charge in [-0.2, -0.15) is 0 Å². The largest absolute Gasteiger partial charge is 0.340 e. The van der Waals surface area contributed by atoms with Gasteiger partial charge in [-0.15, -0.1) is 0 Å². The van der Waals surface area contributed by atoms with Gasteiger partial charge in [0.25, 0.3) is 0 Å². The number of carbonyl (C=O) groups excluding carboxylic acids is 1. The fourth-order valence-electron chi connectivity index (χ4n) is 2.61. The first-order chi connectivity index (χ1) is 6.70. The molecule has 1 amide bonds. The Morgan fingerprint density at radius 3 is 2.64 bits per heavy atom. The molecular weight excluding hydrogens is 176 g/mol. The summed E-state index contributed by atoms with van der Waals surface area (Å²) in [6.45, 7) is 7.19. The Hall–Kier alpha value is -0.570. The summed E-state index contributed by atoms with van der Waals surface area (Å²) in [5.41, 5.74) is 0. The minimum Gasteiger partial charge on any atom is -0.340 e. The van der Waals surface area contributed by atoms with Crippen LogP contribution in [0.15, 0.2) is 0 Å².